The number of aromatic nitrogens is 2. The Kier molecular flexibility index (Phi) is 5.37. The summed E-state index contributed by atoms with van der Waals surface area (Å²) in [5, 5.41) is 16.2. The molecule has 0 atom stereocenters. The Morgan fingerprint density at radius 3 is 2.39 bits per heavy atom. The zero-order valence-electron chi connectivity index (χ0n) is 15.4. The molecule has 0 fully saturated rings. The fourth-order valence-electron chi connectivity index (χ4n) is 2.51. The molecule has 2 aromatic carbocycles. The zero-order chi connectivity index (χ0) is 20.1. The molecule has 0 bridgehead atoms. The predicted octanol–water partition coefficient (Wildman–Crippen LogP) is 2.87. The van der Waals surface area contributed by atoms with E-state index >= 15 is 0 Å². The average Bonchev–Trinajstić information content (AvgIpc) is 2.70. The lowest BCUT2D eigenvalue weighted by Crippen LogP contribution is -2.35. The second-order valence-electron chi connectivity index (χ2n) is 6.08. The molecule has 0 spiro atoms. The van der Waals surface area contributed by atoms with Crippen LogP contribution in [0.15, 0.2) is 59.4 Å². The number of carbonyl (C=O) groups is 1. The van der Waals surface area contributed by atoms with Gasteiger partial charge in [0, 0.05) is 5.56 Å². The number of nitrogens with zero attached hydrogens (tertiary/aromatic N) is 3. The van der Waals surface area contributed by atoms with E-state index in [4.69, 9.17) is 0 Å². The van der Waals surface area contributed by atoms with E-state index in [1.807, 2.05) is 43.3 Å². The third-order valence-corrected chi connectivity index (χ3v) is 4.05. The summed E-state index contributed by atoms with van der Waals surface area (Å²) >= 11 is 0. The molecule has 8 heteroatoms. The number of carbonyl (C=O) groups excluding carboxylic acids is 1. The zero-order valence-corrected chi connectivity index (χ0v) is 15.4. The summed E-state index contributed by atoms with van der Waals surface area (Å²) < 4.78 is 1.10. The van der Waals surface area contributed by atoms with Crippen LogP contribution < -0.4 is 21.7 Å². The van der Waals surface area contributed by atoms with Gasteiger partial charge in [0.25, 0.3) is 5.56 Å². The summed E-state index contributed by atoms with van der Waals surface area (Å²) in [5.74, 6) is 0.115. The lowest BCUT2D eigenvalue weighted by atomic mass is 10.1. The topological polar surface area (TPSA) is 112 Å². The Morgan fingerprint density at radius 2 is 1.75 bits per heavy atom. The summed E-state index contributed by atoms with van der Waals surface area (Å²) in [6.07, 6.45) is 0. The van der Waals surface area contributed by atoms with Crippen LogP contribution in [0.25, 0.3) is 5.69 Å². The first kappa shape index (κ1) is 18.7. The normalized spacial score (nSPS) is 10.0. The van der Waals surface area contributed by atoms with E-state index in [1.165, 1.54) is 0 Å². The molecule has 0 aliphatic carbocycles. The first-order chi connectivity index (χ1) is 13.5. The molecule has 1 heterocycles. The van der Waals surface area contributed by atoms with Crippen molar-refractivity contribution in [1.82, 2.24) is 15.2 Å². The molecular weight excluding hydrogens is 356 g/mol. The van der Waals surface area contributed by atoms with Gasteiger partial charge in [-0.25, -0.2) is 4.79 Å². The molecule has 0 aliphatic rings. The van der Waals surface area contributed by atoms with Crippen molar-refractivity contribution in [2.75, 3.05) is 10.7 Å². The number of nitrogens with one attached hydrogen (secondary N) is 3. The van der Waals surface area contributed by atoms with Crippen LogP contribution in [0, 0.1) is 25.2 Å². The highest BCUT2D eigenvalue weighted by molar-refractivity contribution is 5.89. The Bertz CT molecular complexity index is 1100. The number of urea groups is 1. The number of hydrogen-bond donors (Lipinski definition) is 3. The highest BCUT2D eigenvalue weighted by atomic mass is 16.2. The van der Waals surface area contributed by atoms with Crippen molar-refractivity contribution in [3.63, 3.8) is 0 Å². The van der Waals surface area contributed by atoms with Gasteiger partial charge in [-0.3, -0.25) is 21.0 Å². The van der Waals surface area contributed by atoms with Crippen LogP contribution in [0.1, 0.15) is 16.7 Å². The van der Waals surface area contributed by atoms with Crippen LogP contribution in [-0.4, -0.2) is 15.8 Å². The standard InChI is InChI=1S/C20H18N6O2/c1-13-8-10-16(11-9-13)26-19(27)17(12-21)14(2)18(25-26)22-20(28)24-23-15-6-4-3-5-7-15/h3-11,23H,1-2H3,(H2,22,24,25,28). The molecule has 140 valence electrons. The van der Waals surface area contributed by atoms with Gasteiger partial charge in [0.05, 0.1) is 11.4 Å². The van der Waals surface area contributed by atoms with Crippen LogP contribution in [0.2, 0.25) is 0 Å². The highest BCUT2D eigenvalue weighted by Crippen LogP contribution is 2.15. The molecule has 1 aromatic heterocycles. The van der Waals surface area contributed by atoms with Gasteiger partial charge in [-0.1, -0.05) is 35.9 Å². The minimum atomic E-state index is -0.586. The predicted molar refractivity (Wildman–Crippen MR) is 106 cm³/mol. The molecule has 8 nitrogen and oxygen atoms in total. The number of amides is 2. The number of nitriles is 1. The maximum absolute atomic E-state index is 12.6. The second kappa shape index (κ2) is 8.05. The van der Waals surface area contributed by atoms with Crippen molar-refractivity contribution < 1.29 is 4.79 Å². The summed E-state index contributed by atoms with van der Waals surface area (Å²) in [6.45, 7) is 3.49. The average molecular weight is 374 g/mol. The van der Waals surface area contributed by atoms with Crippen LogP contribution in [-0.2, 0) is 0 Å². The maximum atomic E-state index is 12.6. The summed E-state index contributed by atoms with van der Waals surface area (Å²) in [6, 6.07) is 17.5. The van der Waals surface area contributed by atoms with Crippen LogP contribution >= 0.6 is 0 Å². The van der Waals surface area contributed by atoms with Crippen molar-refractivity contribution in [1.29, 1.82) is 5.26 Å². The summed E-state index contributed by atoms with van der Waals surface area (Å²) in [7, 11) is 0. The number of hydrogen-bond acceptors (Lipinski definition) is 5. The monoisotopic (exact) mass is 374 g/mol. The number of anilines is 2. The fraction of sp³-hybridized carbons (Fsp3) is 0.100. The van der Waals surface area contributed by atoms with Crippen LogP contribution in [0.5, 0.6) is 0 Å². The number of hydrazine groups is 1. The lowest BCUT2D eigenvalue weighted by Gasteiger charge is -2.14. The van der Waals surface area contributed by atoms with E-state index < -0.39 is 11.6 Å². The fourth-order valence-corrected chi connectivity index (χ4v) is 2.51. The molecule has 3 N–H and O–H groups in total. The van der Waals surface area contributed by atoms with E-state index in [2.05, 4.69) is 21.3 Å². The van der Waals surface area contributed by atoms with Crippen molar-refractivity contribution in [3.8, 4) is 11.8 Å². The van der Waals surface area contributed by atoms with E-state index in [-0.39, 0.29) is 11.4 Å². The minimum absolute atomic E-state index is 0.0816. The van der Waals surface area contributed by atoms with Crippen molar-refractivity contribution >= 4 is 17.5 Å². The Hall–Kier alpha value is -4.12. The third-order valence-electron chi connectivity index (χ3n) is 4.05. The second-order valence-corrected chi connectivity index (χ2v) is 6.08. The van der Waals surface area contributed by atoms with Gasteiger partial charge in [-0.15, -0.1) is 5.10 Å². The van der Waals surface area contributed by atoms with E-state index in [0.717, 1.165) is 10.2 Å². The number of para-hydroxylation sites is 1. The van der Waals surface area contributed by atoms with Gasteiger partial charge < -0.3 is 0 Å². The first-order valence-electron chi connectivity index (χ1n) is 8.48. The van der Waals surface area contributed by atoms with Gasteiger partial charge in [0.15, 0.2) is 5.82 Å². The summed E-state index contributed by atoms with van der Waals surface area (Å²) in [5.41, 5.74) is 7.13. The Labute approximate surface area is 161 Å². The van der Waals surface area contributed by atoms with Gasteiger partial charge in [-0.2, -0.15) is 9.94 Å². The van der Waals surface area contributed by atoms with Crippen molar-refractivity contribution in [2.24, 2.45) is 0 Å². The molecule has 3 rings (SSSR count). The first-order valence-corrected chi connectivity index (χ1v) is 8.48. The number of rotatable bonds is 4. The number of benzene rings is 2. The molecule has 0 aliphatic heterocycles. The Morgan fingerprint density at radius 1 is 1.07 bits per heavy atom. The highest BCUT2D eigenvalue weighted by Gasteiger charge is 2.17. The smallest absolute Gasteiger partial charge is 0.297 e. The molecule has 0 saturated carbocycles. The largest absolute Gasteiger partial charge is 0.339 e. The minimum Gasteiger partial charge on any atom is -0.297 e. The quantitative estimate of drug-likeness (QED) is 0.608. The third kappa shape index (κ3) is 3.99. The molecule has 3 aromatic rings. The molecule has 0 saturated heterocycles. The number of aryl methyl sites for hydroxylation is 1. The van der Waals surface area contributed by atoms with Gasteiger partial charge in [0.1, 0.15) is 11.6 Å². The van der Waals surface area contributed by atoms with Gasteiger partial charge in [0.2, 0.25) is 0 Å². The van der Waals surface area contributed by atoms with Crippen LogP contribution in [0.3, 0.4) is 0 Å². The van der Waals surface area contributed by atoms with E-state index in [1.54, 1.807) is 31.2 Å². The molecule has 0 unspecified atom stereocenters. The van der Waals surface area contributed by atoms with Crippen molar-refractivity contribution in [2.45, 2.75) is 13.8 Å². The molecule has 2 amide bonds. The van der Waals surface area contributed by atoms with Gasteiger partial charge >= 0.3 is 6.03 Å². The molecule has 0 radical (unpaired) electrons. The molecular formula is C20H18N6O2. The van der Waals surface area contributed by atoms with E-state index in [0.29, 0.717) is 16.9 Å². The maximum Gasteiger partial charge on any atom is 0.339 e. The Balaban J connectivity index is 1.89. The van der Waals surface area contributed by atoms with Crippen molar-refractivity contribution in [3.05, 3.63) is 81.6 Å². The van der Waals surface area contributed by atoms with Crippen LogP contribution in [0.4, 0.5) is 16.3 Å². The summed E-state index contributed by atoms with van der Waals surface area (Å²) in [4.78, 5) is 24.8. The molecule has 28 heavy (non-hydrogen) atoms. The van der Waals surface area contributed by atoms with E-state index in [9.17, 15) is 14.9 Å². The van der Waals surface area contributed by atoms with Gasteiger partial charge in [-0.05, 0) is 38.1 Å². The SMILES string of the molecule is Cc1ccc(-n2nc(NC(=O)NNc3ccccc3)c(C)c(C#N)c2=O)cc1. The lowest BCUT2D eigenvalue weighted by molar-refractivity contribution is 0.253.